The minimum Gasteiger partial charge on any atom is -0.464 e. The van der Waals surface area contributed by atoms with Gasteiger partial charge in [0.05, 0.1) is 30.7 Å². The lowest BCUT2D eigenvalue weighted by molar-refractivity contribution is 0.0595. The Kier molecular flexibility index (Phi) is 5.64. The molecule has 37 heavy (non-hydrogen) atoms. The monoisotopic (exact) mass is 499 g/mol. The molecular weight excluding hydrogens is 470 g/mol. The number of hydrogen-bond donors (Lipinski definition) is 2. The van der Waals surface area contributed by atoms with E-state index in [9.17, 15) is 4.79 Å². The maximum atomic E-state index is 12.8. The lowest BCUT2D eigenvalue weighted by Gasteiger charge is -2.33. The number of ether oxygens (including phenoxy) is 1. The summed E-state index contributed by atoms with van der Waals surface area (Å²) >= 11 is 0. The number of piperazine rings is 1. The number of carbonyl (C=O) groups excluding carboxylic acids is 1. The van der Waals surface area contributed by atoms with Gasteiger partial charge in [-0.1, -0.05) is 0 Å². The van der Waals surface area contributed by atoms with E-state index in [2.05, 4.69) is 54.6 Å². The van der Waals surface area contributed by atoms with Crippen LogP contribution < -0.4 is 15.5 Å². The zero-order valence-electron chi connectivity index (χ0n) is 21.3. The number of likely N-dealkylation sites (tertiary alicyclic amines) is 1. The summed E-state index contributed by atoms with van der Waals surface area (Å²) in [6.07, 6.45) is 6.35. The molecule has 190 valence electrons. The van der Waals surface area contributed by atoms with Gasteiger partial charge in [-0.2, -0.15) is 0 Å². The van der Waals surface area contributed by atoms with Crippen LogP contribution in [0.2, 0.25) is 0 Å². The smallest absolute Gasteiger partial charge is 0.360 e. The number of nitrogens with zero attached hydrogens (tertiary/aromatic N) is 7. The van der Waals surface area contributed by atoms with Gasteiger partial charge in [0, 0.05) is 56.8 Å². The van der Waals surface area contributed by atoms with Crippen molar-refractivity contribution in [2.75, 3.05) is 49.8 Å². The average molecular weight is 500 g/mol. The quantitative estimate of drug-likeness (QED) is 0.384. The molecule has 2 N–H and O–H groups in total. The summed E-state index contributed by atoms with van der Waals surface area (Å²) in [5, 5.41) is 6.37. The molecule has 6 rings (SSSR count). The fraction of sp³-hybridized carbons (Fsp3) is 0.346. The summed E-state index contributed by atoms with van der Waals surface area (Å²) in [6, 6.07) is 9.41. The number of nitrogens with one attached hydrogen (secondary N) is 2. The predicted octanol–water partition coefficient (Wildman–Crippen LogP) is 2.89. The highest BCUT2D eigenvalue weighted by Crippen LogP contribution is 2.35. The van der Waals surface area contributed by atoms with E-state index in [0.29, 0.717) is 35.0 Å². The lowest BCUT2D eigenvalue weighted by Crippen LogP contribution is -2.44. The van der Waals surface area contributed by atoms with E-state index >= 15 is 0 Å². The van der Waals surface area contributed by atoms with Crippen LogP contribution in [0, 0.1) is 0 Å². The van der Waals surface area contributed by atoms with Crippen molar-refractivity contribution in [1.82, 2.24) is 29.4 Å². The molecule has 2 bridgehead atoms. The van der Waals surface area contributed by atoms with Gasteiger partial charge >= 0.3 is 5.97 Å². The molecule has 0 aliphatic carbocycles. The normalized spacial score (nSPS) is 19.0. The van der Waals surface area contributed by atoms with Crippen LogP contribution in [0.4, 0.5) is 23.0 Å². The van der Waals surface area contributed by atoms with Gasteiger partial charge in [-0.25, -0.2) is 19.7 Å². The first-order valence-electron chi connectivity index (χ1n) is 12.2. The summed E-state index contributed by atoms with van der Waals surface area (Å²) in [6.45, 7) is 2.15. The van der Waals surface area contributed by atoms with Crippen molar-refractivity contribution in [2.45, 2.75) is 18.5 Å². The molecule has 0 unspecified atom stereocenters. The van der Waals surface area contributed by atoms with Crippen LogP contribution >= 0.6 is 0 Å². The maximum absolute atomic E-state index is 12.8. The first-order chi connectivity index (χ1) is 18.0. The molecule has 0 radical (unpaired) electrons. The standard InChI is InChI=1S/C26H29N9O2/c1-27-24-22(19-10-28-11-20-21(19)29-14-34(20)3)31-23(26(36)37-4)25(32-24)30-15-5-7-16(8-6-15)35-13-17-9-18(35)12-33(17)2/h5-8,10-11,14,17-18H,9,12-13H2,1-4H3,(H2,27,30,32)/t17-,18-/m1/s1. The van der Waals surface area contributed by atoms with Gasteiger partial charge in [0.25, 0.3) is 0 Å². The Morgan fingerprint density at radius 1 is 1.05 bits per heavy atom. The number of imidazole rings is 1. The molecule has 2 saturated heterocycles. The lowest BCUT2D eigenvalue weighted by atomic mass is 10.1. The maximum Gasteiger partial charge on any atom is 0.360 e. The first-order valence-corrected chi connectivity index (χ1v) is 12.2. The van der Waals surface area contributed by atoms with E-state index in [4.69, 9.17) is 9.72 Å². The predicted molar refractivity (Wildman–Crippen MR) is 142 cm³/mol. The second-order valence-corrected chi connectivity index (χ2v) is 9.58. The third-order valence-electron chi connectivity index (χ3n) is 7.38. The van der Waals surface area contributed by atoms with Gasteiger partial charge < -0.3 is 24.8 Å². The van der Waals surface area contributed by atoms with Crippen LogP contribution in [0.1, 0.15) is 16.9 Å². The van der Waals surface area contributed by atoms with E-state index < -0.39 is 5.97 Å². The van der Waals surface area contributed by atoms with E-state index in [1.165, 1.54) is 19.2 Å². The number of pyridine rings is 1. The number of fused-ring (bicyclic) bond motifs is 3. The topological polar surface area (TPSA) is 113 Å². The third-order valence-corrected chi connectivity index (χ3v) is 7.38. The molecule has 1 aromatic carbocycles. The van der Waals surface area contributed by atoms with Crippen molar-refractivity contribution in [1.29, 1.82) is 0 Å². The highest BCUT2D eigenvalue weighted by Gasteiger charge is 2.41. The van der Waals surface area contributed by atoms with Gasteiger partial charge in [0.2, 0.25) is 0 Å². The summed E-state index contributed by atoms with van der Waals surface area (Å²) in [5.41, 5.74) is 4.78. The van der Waals surface area contributed by atoms with E-state index in [1.807, 2.05) is 23.7 Å². The van der Waals surface area contributed by atoms with E-state index in [1.54, 1.807) is 25.8 Å². The number of aryl methyl sites for hydroxylation is 1. The Morgan fingerprint density at radius 3 is 2.54 bits per heavy atom. The van der Waals surface area contributed by atoms with E-state index in [0.717, 1.165) is 29.8 Å². The number of hydrogen-bond acceptors (Lipinski definition) is 10. The summed E-state index contributed by atoms with van der Waals surface area (Å²) in [4.78, 5) is 36.0. The number of aromatic nitrogens is 5. The zero-order chi connectivity index (χ0) is 25.7. The van der Waals surface area contributed by atoms with Crippen LogP contribution in [0.15, 0.2) is 43.0 Å². The minimum atomic E-state index is -0.589. The molecule has 0 spiro atoms. The second-order valence-electron chi connectivity index (χ2n) is 9.58. The Labute approximate surface area is 214 Å². The summed E-state index contributed by atoms with van der Waals surface area (Å²) in [5.74, 6) is 0.202. The summed E-state index contributed by atoms with van der Waals surface area (Å²) < 4.78 is 6.93. The number of carbonyl (C=O) groups is 1. The van der Waals surface area contributed by atoms with Crippen LogP contribution in [0.25, 0.3) is 22.3 Å². The molecule has 2 aliphatic rings. The molecular formula is C26H29N9O2. The van der Waals surface area contributed by atoms with Crippen LogP contribution in [-0.4, -0.2) is 81.8 Å². The highest BCUT2D eigenvalue weighted by atomic mass is 16.5. The Hall–Kier alpha value is -4.25. The van der Waals surface area contributed by atoms with Crippen LogP contribution in [0.3, 0.4) is 0 Å². The third kappa shape index (κ3) is 3.91. The van der Waals surface area contributed by atoms with Crippen molar-refractivity contribution in [3.63, 3.8) is 0 Å². The number of benzene rings is 1. The van der Waals surface area contributed by atoms with Crippen LogP contribution in [-0.2, 0) is 11.8 Å². The molecule has 4 aromatic rings. The van der Waals surface area contributed by atoms with Crippen molar-refractivity contribution in [2.24, 2.45) is 7.05 Å². The molecule has 5 heterocycles. The number of esters is 1. The molecule has 3 aromatic heterocycles. The largest absolute Gasteiger partial charge is 0.464 e. The molecule has 11 heteroatoms. The molecule has 0 amide bonds. The fourth-order valence-electron chi connectivity index (χ4n) is 5.39. The number of anilines is 4. The Bertz CT molecular complexity index is 1480. The molecule has 0 saturated carbocycles. The van der Waals surface area contributed by atoms with Gasteiger partial charge in [0.15, 0.2) is 17.3 Å². The van der Waals surface area contributed by atoms with Gasteiger partial charge in [0.1, 0.15) is 11.2 Å². The molecule has 2 atom stereocenters. The van der Waals surface area contributed by atoms with Crippen molar-refractivity contribution in [3.05, 3.63) is 48.7 Å². The number of likely N-dealkylation sites (N-methyl/N-ethyl adjacent to an activating group) is 1. The van der Waals surface area contributed by atoms with Crippen molar-refractivity contribution in [3.8, 4) is 11.3 Å². The Morgan fingerprint density at radius 2 is 1.86 bits per heavy atom. The van der Waals surface area contributed by atoms with E-state index in [-0.39, 0.29) is 5.69 Å². The number of rotatable bonds is 6. The number of methoxy groups -OCH3 is 1. The van der Waals surface area contributed by atoms with Crippen molar-refractivity contribution < 1.29 is 9.53 Å². The zero-order valence-corrected chi connectivity index (χ0v) is 21.3. The van der Waals surface area contributed by atoms with Gasteiger partial charge in [-0.3, -0.25) is 9.88 Å². The highest BCUT2D eigenvalue weighted by molar-refractivity contribution is 5.98. The molecule has 2 aliphatic heterocycles. The SMILES string of the molecule is CNc1nc(Nc2ccc(N3C[C@H]4C[C@@H]3CN4C)cc2)c(C(=O)OC)nc1-c1cncc2c1ncn2C. The second kappa shape index (κ2) is 9.00. The minimum absolute atomic E-state index is 0.0772. The van der Waals surface area contributed by atoms with Gasteiger partial charge in [-0.15, -0.1) is 0 Å². The Balaban J connectivity index is 1.34. The molecule has 11 nitrogen and oxygen atoms in total. The summed E-state index contributed by atoms with van der Waals surface area (Å²) in [7, 11) is 7.19. The average Bonchev–Trinajstić information content (AvgIpc) is 3.62. The van der Waals surface area contributed by atoms with Crippen LogP contribution in [0.5, 0.6) is 0 Å². The first kappa shape index (κ1) is 23.2. The van der Waals surface area contributed by atoms with Crippen molar-refractivity contribution >= 4 is 40.0 Å². The fourth-order valence-corrected chi connectivity index (χ4v) is 5.39. The van der Waals surface area contributed by atoms with Gasteiger partial charge in [-0.05, 0) is 37.7 Å². The molecule has 2 fully saturated rings.